The van der Waals surface area contributed by atoms with Crippen molar-refractivity contribution in [2.75, 3.05) is 25.1 Å². The van der Waals surface area contributed by atoms with E-state index in [9.17, 15) is 4.79 Å². The van der Waals surface area contributed by atoms with Crippen molar-refractivity contribution in [3.8, 4) is 0 Å². The zero-order valence-corrected chi connectivity index (χ0v) is 11.0. The number of rotatable bonds is 2. The minimum atomic E-state index is -0.438. The van der Waals surface area contributed by atoms with Crippen molar-refractivity contribution in [1.82, 2.24) is 0 Å². The standard InChI is InChI=1S/C12H13Cl2NO2/c1-17-12(16)8-4-5-9(13)11(10(8)14)15-6-2-3-7-15/h4-5H,2-3,6-7H2,1H3. The van der Waals surface area contributed by atoms with Crippen LogP contribution < -0.4 is 4.90 Å². The zero-order valence-electron chi connectivity index (χ0n) is 9.50. The topological polar surface area (TPSA) is 29.5 Å². The Kier molecular flexibility index (Phi) is 3.79. The summed E-state index contributed by atoms with van der Waals surface area (Å²) in [7, 11) is 1.34. The van der Waals surface area contributed by atoms with Crippen LogP contribution in [0.25, 0.3) is 0 Å². The molecule has 0 aliphatic carbocycles. The smallest absolute Gasteiger partial charge is 0.339 e. The third-order valence-corrected chi connectivity index (χ3v) is 3.58. The van der Waals surface area contributed by atoms with Crippen molar-refractivity contribution in [2.24, 2.45) is 0 Å². The van der Waals surface area contributed by atoms with Crippen molar-refractivity contribution in [2.45, 2.75) is 12.8 Å². The summed E-state index contributed by atoms with van der Waals surface area (Å²) in [6.07, 6.45) is 2.24. The number of hydrogen-bond acceptors (Lipinski definition) is 3. The summed E-state index contributed by atoms with van der Waals surface area (Å²) in [4.78, 5) is 13.7. The SMILES string of the molecule is COC(=O)c1ccc(Cl)c(N2CCCC2)c1Cl. The van der Waals surface area contributed by atoms with Gasteiger partial charge in [-0.05, 0) is 25.0 Å². The van der Waals surface area contributed by atoms with Gasteiger partial charge in [-0.25, -0.2) is 4.79 Å². The fourth-order valence-corrected chi connectivity index (χ4v) is 2.73. The van der Waals surface area contributed by atoms with Gasteiger partial charge in [-0.3, -0.25) is 0 Å². The van der Waals surface area contributed by atoms with Gasteiger partial charge in [0.15, 0.2) is 0 Å². The van der Waals surface area contributed by atoms with Gasteiger partial charge in [-0.1, -0.05) is 23.2 Å². The first-order chi connectivity index (χ1) is 8.15. The van der Waals surface area contributed by atoms with Gasteiger partial charge in [0.25, 0.3) is 0 Å². The number of hydrogen-bond donors (Lipinski definition) is 0. The molecule has 1 aliphatic rings. The van der Waals surface area contributed by atoms with Gasteiger partial charge in [0.1, 0.15) is 0 Å². The maximum atomic E-state index is 11.5. The Balaban J connectivity index is 2.46. The monoisotopic (exact) mass is 273 g/mol. The second-order valence-electron chi connectivity index (χ2n) is 3.94. The fourth-order valence-electron chi connectivity index (χ4n) is 2.04. The van der Waals surface area contributed by atoms with Gasteiger partial charge in [0.2, 0.25) is 0 Å². The summed E-state index contributed by atoms with van der Waals surface area (Å²) in [5, 5.41) is 0.954. The zero-order chi connectivity index (χ0) is 12.4. The molecule has 1 aliphatic heterocycles. The first-order valence-corrected chi connectivity index (χ1v) is 6.22. The maximum absolute atomic E-state index is 11.5. The molecule has 92 valence electrons. The Bertz CT molecular complexity index is 442. The van der Waals surface area contributed by atoms with Crippen LogP contribution in [0.4, 0.5) is 5.69 Å². The van der Waals surface area contributed by atoms with Gasteiger partial charge in [0.05, 0.1) is 28.4 Å². The summed E-state index contributed by atoms with van der Waals surface area (Å²) in [5.74, 6) is -0.438. The van der Waals surface area contributed by atoms with Crippen molar-refractivity contribution >= 4 is 34.9 Å². The molecular formula is C12H13Cl2NO2. The van der Waals surface area contributed by atoms with Crippen molar-refractivity contribution in [1.29, 1.82) is 0 Å². The predicted molar refractivity (Wildman–Crippen MR) is 69.2 cm³/mol. The van der Waals surface area contributed by atoms with Crippen LogP contribution in [-0.2, 0) is 4.74 Å². The highest BCUT2D eigenvalue weighted by Gasteiger charge is 2.22. The largest absolute Gasteiger partial charge is 0.465 e. The van der Waals surface area contributed by atoms with E-state index in [4.69, 9.17) is 23.2 Å². The Morgan fingerprint density at radius 1 is 1.29 bits per heavy atom. The molecule has 17 heavy (non-hydrogen) atoms. The minimum absolute atomic E-state index is 0.362. The number of carbonyl (C=O) groups is 1. The van der Waals surface area contributed by atoms with E-state index >= 15 is 0 Å². The summed E-state index contributed by atoms with van der Waals surface area (Å²) in [6.45, 7) is 1.84. The number of benzene rings is 1. The second kappa shape index (κ2) is 5.15. The highest BCUT2D eigenvalue weighted by atomic mass is 35.5. The molecule has 1 aromatic rings. The molecule has 0 N–H and O–H groups in total. The average molecular weight is 274 g/mol. The van der Waals surface area contributed by atoms with E-state index in [1.807, 2.05) is 0 Å². The molecule has 0 amide bonds. The lowest BCUT2D eigenvalue weighted by Gasteiger charge is -2.21. The van der Waals surface area contributed by atoms with Crippen molar-refractivity contribution < 1.29 is 9.53 Å². The molecule has 3 nitrogen and oxygen atoms in total. The third-order valence-electron chi connectivity index (χ3n) is 2.89. The molecule has 0 bridgehead atoms. The van der Waals surface area contributed by atoms with E-state index in [-0.39, 0.29) is 0 Å². The highest BCUT2D eigenvalue weighted by Crippen LogP contribution is 2.38. The quantitative estimate of drug-likeness (QED) is 0.774. The van der Waals surface area contributed by atoms with Gasteiger partial charge in [0, 0.05) is 13.1 Å². The van der Waals surface area contributed by atoms with Gasteiger partial charge < -0.3 is 9.64 Å². The number of nitrogens with zero attached hydrogens (tertiary/aromatic N) is 1. The van der Waals surface area contributed by atoms with Gasteiger partial charge in [-0.2, -0.15) is 0 Å². The minimum Gasteiger partial charge on any atom is -0.465 e. The average Bonchev–Trinajstić information content (AvgIpc) is 2.82. The summed E-state index contributed by atoms with van der Waals surface area (Å²) in [5.41, 5.74) is 1.11. The van der Waals surface area contributed by atoms with Crippen LogP contribution in [0.5, 0.6) is 0 Å². The van der Waals surface area contributed by atoms with Gasteiger partial charge in [-0.15, -0.1) is 0 Å². The molecule has 0 atom stereocenters. The van der Waals surface area contributed by atoms with E-state index in [2.05, 4.69) is 9.64 Å². The molecule has 0 spiro atoms. The number of ether oxygens (including phenoxy) is 1. The van der Waals surface area contributed by atoms with Crippen LogP contribution in [0.15, 0.2) is 12.1 Å². The Labute approximate surface area is 110 Å². The molecule has 0 unspecified atom stereocenters. The lowest BCUT2D eigenvalue weighted by atomic mass is 10.2. The van der Waals surface area contributed by atoms with E-state index < -0.39 is 5.97 Å². The molecule has 2 rings (SSSR count). The lowest BCUT2D eigenvalue weighted by molar-refractivity contribution is 0.0601. The molecule has 5 heteroatoms. The molecule has 1 heterocycles. The fraction of sp³-hybridized carbons (Fsp3) is 0.417. The van der Waals surface area contributed by atoms with Crippen LogP contribution >= 0.6 is 23.2 Å². The van der Waals surface area contributed by atoms with Crippen molar-refractivity contribution in [3.63, 3.8) is 0 Å². The van der Waals surface area contributed by atoms with E-state index in [0.717, 1.165) is 31.6 Å². The molecule has 0 aromatic heterocycles. The van der Waals surface area contributed by atoms with Crippen LogP contribution in [-0.4, -0.2) is 26.2 Å². The van der Waals surface area contributed by atoms with E-state index in [1.165, 1.54) is 7.11 Å². The molecule has 0 saturated carbocycles. The van der Waals surface area contributed by atoms with E-state index in [0.29, 0.717) is 15.6 Å². The Morgan fingerprint density at radius 2 is 1.94 bits per heavy atom. The molecule has 1 fully saturated rings. The first-order valence-electron chi connectivity index (χ1n) is 5.46. The first kappa shape index (κ1) is 12.5. The van der Waals surface area contributed by atoms with Crippen LogP contribution in [0.2, 0.25) is 10.0 Å². The molecular weight excluding hydrogens is 261 g/mol. The van der Waals surface area contributed by atoms with Gasteiger partial charge >= 0.3 is 5.97 Å². The molecule has 0 radical (unpaired) electrons. The second-order valence-corrected chi connectivity index (χ2v) is 4.73. The number of carbonyl (C=O) groups excluding carboxylic acids is 1. The Hall–Kier alpha value is -0.930. The number of methoxy groups -OCH3 is 1. The number of esters is 1. The predicted octanol–water partition coefficient (Wildman–Crippen LogP) is 3.38. The highest BCUT2D eigenvalue weighted by molar-refractivity contribution is 6.41. The summed E-state index contributed by atoms with van der Waals surface area (Å²) < 4.78 is 4.69. The third kappa shape index (κ3) is 2.35. The molecule has 1 saturated heterocycles. The summed E-state index contributed by atoms with van der Waals surface area (Å²) >= 11 is 12.4. The summed E-state index contributed by atoms with van der Waals surface area (Å²) in [6, 6.07) is 3.28. The number of halogens is 2. The van der Waals surface area contributed by atoms with Crippen LogP contribution in [0.3, 0.4) is 0 Å². The Morgan fingerprint density at radius 3 is 2.53 bits per heavy atom. The van der Waals surface area contributed by atoms with E-state index in [1.54, 1.807) is 12.1 Å². The van der Waals surface area contributed by atoms with Crippen molar-refractivity contribution in [3.05, 3.63) is 27.7 Å². The number of anilines is 1. The maximum Gasteiger partial charge on any atom is 0.339 e. The van der Waals surface area contributed by atoms with Crippen LogP contribution in [0.1, 0.15) is 23.2 Å². The lowest BCUT2D eigenvalue weighted by Crippen LogP contribution is -2.19. The normalized spacial score (nSPS) is 15.1. The molecule has 1 aromatic carbocycles. The van der Waals surface area contributed by atoms with Crippen LogP contribution in [0, 0.1) is 0 Å².